The van der Waals surface area contributed by atoms with Gasteiger partial charge in [-0.1, -0.05) is 11.6 Å². The van der Waals surface area contributed by atoms with E-state index >= 15 is 0 Å². The maximum absolute atomic E-state index is 5.85. The Kier molecular flexibility index (Phi) is 2.85. The molecular weight excluding hydrogens is 160 g/mol. The summed E-state index contributed by atoms with van der Waals surface area (Å²) < 4.78 is 0. The average Bonchev–Trinajstić information content (AvgIpc) is 1.93. The van der Waals surface area contributed by atoms with Crippen molar-refractivity contribution in [1.29, 1.82) is 0 Å². The van der Waals surface area contributed by atoms with Crippen LogP contribution in [0.5, 0.6) is 0 Å². The van der Waals surface area contributed by atoms with Gasteiger partial charge < -0.3 is 5.73 Å². The summed E-state index contributed by atoms with van der Waals surface area (Å²) in [5.41, 5.74) is 6.68. The first-order valence-electron chi connectivity index (χ1n) is 3.54. The summed E-state index contributed by atoms with van der Waals surface area (Å²) in [6, 6.07) is 2.04. The number of hydrogen-bond donors (Lipinski definition) is 1. The summed E-state index contributed by atoms with van der Waals surface area (Å²) in [6.45, 7) is 1.96. The molecule has 0 unspecified atom stereocenters. The zero-order valence-electron chi connectivity index (χ0n) is 6.42. The van der Waals surface area contributed by atoms with Crippen LogP contribution >= 0.6 is 11.6 Å². The number of rotatable bonds is 2. The van der Waals surface area contributed by atoms with E-state index in [4.69, 9.17) is 17.3 Å². The Labute approximate surface area is 71.4 Å². The van der Waals surface area contributed by atoms with E-state index in [1.165, 1.54) is 0 Å². The lowest BCUT2D eigenvalue weighted by Gasteiger charge is -2.05. The van der Waals surface area contributed by atoms with Crippen molar-refractivity contribution in [3.8, 4) is 0 Å². The van der Waals surface area contributed by atoms with Crippen LogP contribution in [0.3, 0.4) is 0 Å². The van der Waals surface area contributed by atoms with Gasteiger partial charge in [0.1, 0.15) is 0 Å². The molecule has 1 heterocycles. The predicted molar refractivity (Wildman–Crippen MR) is 46.6 cm³/mol. The highest BCUT2D eigenvalue weighted by atomic mass is 35.5. The Hall–Kier alpha value is -0.600. The Morgan fingerprint density at radius 3 is 3.00 bits per heavy atom. The summed E-state index contributed by atoms with van der Waals surface area (Å²) in [7, 11) is 0. The molecule has 60 valence electrons. The molecule has 0 saturated carbocycles. The van der Waals surface area contributed by atoms with Gasteiger partial charge in [-0.2, -0.15) is 0 Å². The van der Waals surface area contributed by atoms with Crippen LogP contribution in [0, 0.1) is 0 Å². The minimum absolute atomic E-state index is 0.148. The Bertz CT molecular complexity index is 235. The summed E-state index contributed by atoms with van der Waals surface area (Å²) >= 11 is 5.85. The van der Waals surface area contributed by atoms with Gasteiger partial charge in [-0.15, -0.1) is 0 Å². The highest BCUT2D eigenvalue weighted by Crippen LogP contribution is 2.14. The summed E-state index contributed by atoms with van der Waals surface area (Å²) in [5.74, 6) is 0. The van der Waals surface area contributed by atoms with Crippen molar-refractivity contribution in [2.45, 2.75) is 19.4 Å². The molecule has 11 heavy (non-hydrogen) atoms. The molecule has 3 heteroatoms. The van der Waals surface area contributed by atoms with E-state index in [2.05, 4.69) is 4.98 Å². The lowest BCUT2D eigenvalue weighted by molar-refractivity contribution is 0.737. The first-order chi connectivity index (χ1) is 5.20. The number of pyridine rings is 1. The van der Waals surface area contributed by atoms with Gasteiger partial charge >= 0.3 is 0 Å². The number of nitrogens with two attached hydrogens (primary N) is 1. The maximum atomic E-state index is 5.85. The number of aromatic nitrogens is 1. The first-order valence-corrected chi connectivity index (χ1v) is 3.92. The van der Waals surface area contributed by atoms with E-state index in [0.717, 1.165) is 12.0 Å². The minimum Gasteiger partial charge on any atom is -0.328 e. The third kappa shape index (κ3) is 2.48. The van der Waals surface area contributed by atoms with Crippen LogP contribution in [-0.4, -0.2) is 11.0 Å². The number of hydrogen-bond acceptors (Lipinski definition) is 2. The normalized spacial score (nSPS) is 13.0. The molecule has 0 bridgehead atoms. The average molecular weight is 171 g/mol. The molecule has 0 amide bonds. The molecule has 1 atom stereocenters. The van der Waals surface area contributed by atoms with Crippen LogP contribution in [0.4, 0.5) is 0 Å². The first kappa shape index (κ1) is 8.50. The Morgan fingerprint density at radius 2 is 2.45 bits per heavy atom. The summed E-state index contributed by atoms with van der Waals surface area (Å²) in [4.78, 5) is 3.88. The second kappa shape index (κ2) is 3.69. The lowest BCUT2D eigenvalue weighted by atomic mass is 10.1. The van der Waals surface area contributed by atoms with Gasteiger partial charge in [-0.05, 0) is 25.0 Å². The van der Waals surface area contributed by atoms with Crippen molar-refractivity contribution < 1.29 is 0 Å². The topological polar surface area (TPSA) is 38.9 Å². The Balaban J connectivity index is 2.78. The van der Waals surface area contributed by atoms with Crippen LogP contribution < -0.4 is 5.73 Å². The molecule has 1 rings (SSSR count). The van der Waals surface area contributed by atoms with Gasteiger partial charge in [0.15, 0.2) is 0 Å². The number of nitrogens with zero attached hydrogens (tertiary/aromatic N) is 1. The van der Waals surface area contributed by atoms with Gasteiger partial charge in [-0.25, -0.2) is 0 Å². The van der Waals surface area contributed by atoms with E-state index in [1.807, 2.05) is 13.0 Å². The van der Waals surface area contributed by atoms with Crippen LogP contribution in [0.25, 0.3) is 0 Å². The highest BCUT2D eigenvalue weighted by molar-refractivity contribution is 6.31. The van der Waals surface area contributed by atoms with Gasteiger partial charge in [-0.3, -0.25) is 4.98 Å². The van der Waals surface area contributed by atoms with Crippen molar-refractivity contribution >= 4 is 11.6 Å². The number of halogens is 1. The molecule has 0 aliphatic heterocycles. The van der Waals surface area contributed by atoms with Gasteiger partial charge in [0, 0.05) is 18.4 Å². The van der Waals surface area contributed by atoms with Crippen molar-refractivity contribution in [2.24, 2.45) is 5.73 Å². The van der Waals surface area contributed by atoms with Crippen LogP contribution in [0.1, 0.15) is 12.5 Å². The fraction of sp³-hybridized carbons (Fsp3) is 0.375. The van der Waals surface area contributed by atoms with Crippen LogP contribution in [-0.2, 0) is 6.42 Å². The molecule has 0 aliphatic rings. The molecule has 0 spiro atoms. The monoisotopic (exact) mass is 170 g/mol. The molecule has 0 aromatic carbocycles. The second-order valence-electron chi connectivity index (χ2n) is 2.65. The molecule has 0 radical (unpaired) electrons. The predicted octanol–water partition coefficient (Wildman–Crippen LogP) is 1.62. The van der Waals surface area contributed by atoms with E-state index in [1.54, 1.807) is 12.4 Å². The molecule has 2 N–H and O–H groups in total. The molecule has 0 saturated heterocycles. The third-order valence-electron chi connectivity index (χ3n) is 1.40. The minimum atomic E-state index is 0.148. The summed E-state index contributed by atoms with van der Waals surface area (Å²) in [5, 5.41) is 0.699. The van der Waals surface area contributed by atoms with Crippen molar-refractivity contribution in [2.75, 3.05) is 0 Å². The van der Waals surface area contributed by atoms with E-state index in [-0.39, 0.29) is 6.04 Å². The maximum Gasteiger partial charge on any atom is 0.0621 e. The Morgan fingerprint density at radius 1 is 1.73 bits per heavy atom. The van der Waals surface area contributed by atoms with Crippen LogP contribution in [0.15, 0.2) is 18.5 Å². The smallest absolute Gasteiger partial charge is 0.0621 e. The van der Waals surface area contributed by atoms with Gasteiger partial charge in [0.05, 0.1) is 5.02 Å². The second-order valence-corrected chi connectivity index (χ2v) is 3.06. The highest BCUT2D eigenvalue weighted by Gasteiger charge is 2.01. The molecule has 2 nitrogen and oxygen atoms in total. The largest absolute Gasteiger partial charge is 0.328 e. The zero-order valence-corrected chi connectivity index (χ0v) is 7.17. The quantitative estimate of drug-likeness (QED) is 0.733. The lowest BCUT2D eigenvalue weighted by Crippen LogP contribution is -2.17. The van der Waals surface area contributed by atoms with Crippen LogP contribution in [0.2, 0.25) is 5.02 Å². The fourth-order valence-electron chi connectivity index (χ4n) is 0.916. The van der Waals surface area contributed by atoms with Gasteiger partial charge in [0.2, 0.25) is 0 Å². The molecule has 0 aliphatic carbocycles. The molecule has 0 fully saturated rings. The third-order valence-corrected chi connectivity index (χ3v) is 1.74. The SMILES string of the molecule is C[C@@H](N)Cc1ccncc1Cl. The van der Waals surface area contributed by atoms with Crippen molar-refractivity contribution in [1.82, 2.24) is 4.98 Å². The summed E-state index contributed by atoms with van der Waals surface area (Å²) in [6.07, 6.45) is 4.17. The van der Waals surface area contributed by atoms with Crippen molar-refractivity contribution in [3.63, 3.8) is 0 Å². The van der Waals surface area contributed by atoms with E-state index < -0.39 is 0 Å². The van der Waals surface area contributed by atoms with E-state index in [9.17, 15) is 0 Å². The zero-order chi connectivity index (χ0) is 8.27. The molecular formula is C8H11ClN2. The fourth-order valence-corrected chi connectivity index (χ4v) is 1.11. The van der Waals surface area contributed by atoms with Crippen molar-refractivity contribution in [3.05, 3.63) is 29.0 Å². The molecule has 1 aromatic heterocycles. The standard InChI is InChI=1S/C8H11ClN2/c1-6(10)4-7-2-3-11-5-8(7)9/h2-3,5-6H,4,10H2,1H3/t6-/m1/s1. The van der Waals surface area contributed by atoms with Gasteiger partial charge in [0.25, 0.3) is 0 Å². The van der Waals surface area contributed by atoms with E-state index in [0.29, 0.717) is 5.02 Å². The molecule has 1 aromatic rings.